The molecule has 0 saturated heterocycles. The Morgan fingerprint density at radius 3 is 2.18 bits per heavy atom. The van der Waals surface area contributed by atoms with E-state index in [-0.39, 0.29) is 24.2 Å². The number of carbonyl (C=O) groups excluding carboxylic acids is 3. The molecule has 1 aromatic carbocycles. The lowest BCUT2D eigenvalue weighted by atomic mass is 9.97. The van der Waals surface area contributed by atoms with E-state index >= 15 is 0 Å². The van der Waals surface area contributed by atoms with Crippen molar-refractivity contribution in [1.29, 1.82) is 0 Å². The van der Waals surface area contributed by atoms with Crippen molar-refractivity contribution in [3.63, 3.8) is 0 Å². The average Bonchev–Trinajstić information content (AvgIpc) is 2.57. The summed E-state index contributed by atoms with van der Waals surface area (Å²) in [6.45, 7) is 0. The van der Waals surface area contributed by atoms with Gasteiger partial charge in [0.05, 0.1) is 25.8 Å². The van der Waals surface area contributed by atoms with Gasteiger partial charge in [-0.05, 0) is 25.0 Å². The lowest BCUT2D eigenvalue weighted by Crippen LogP contribution is -2.36. The number of ether oxygens (including phenoxy) is 2. The van der Waals surface area contributed by atoms with Crippen molar-refractivity contribution in [3.8, 4) is 0 Å². The minimum atomic E-state index is -0.816. The first-order chi connectivity index (χ1) is 10.4. The molecule has 0 aliphatic rings. The number of hydrogen-bond donors (Lipinski definition) is 2. The maximum atomic E-state index is 12.2. The second kappa shape index (κ2) is 8.26. The van der Waals surface area contributed by atoms with E-state index in [0.29, 0.717) is 5.56 Å². The van der Waals surface area contributed by atoms with E-state index in [1.165, 1.54) is 20.3 Å². The molecule has 0 heterocycles. The number of benzene rings is 1. The normalized spacial score (nSPS) is 13.1. The molecule has 4 N–H and O–H groups in total. The van der Waals surface area contributed by atoms with Gasteiger partial charge in [0.25, 0.3) is 0 Å². The molecule has 22 heavy (non-hydrogen) atoms. The van der Waals surface area contributed by atoms with Crippen LogP contribution >= 0.6 is 0 Å². The highest BCUT2D eigenvalue weighted by atomic mass is 16.5. The summed E-state index contributed by atoms with van der Waals surface area (Å²) in [5, 5.41) is 0. The molecule has 0 fully saturated rings. The minimum Gasteiger partial charge on any atom is -0.468 e. The highest BCUT2D eigenvalue weighted by molar-refractivity contribution is 6.02. The van der Waals surface area contributed by atoms with Crippen molar-refractivity contribution in [3.05, 3.63) is 35.4 Å². The van der Waals surface area contributed by atoms with E-state index < -0.39 is 24.0 Å². The Hall–Kier alpha value is -2.25. The maximum Gasteiger partial charge on any atom is 0.337 e. The second-order valence-corrected chi connectivity index (χ2v) is 4.75. The van der Waals surface area contributed by atoms with Gasteiger partial charge in [-0.1, -0.05) is 12.1 Å². The number of rotatable bonds is 7. The Kier molecular flexibility index (Phi) is 6.68. The SMILES string of the molecule is COC(=O)c1cccc(C(=O)C(N)CC[C@H](N)C(=O)OC)c1. The number of ketones is 1. The van der Waals surface area contributed by atoms with Gasteiger partial charge >= 0.3 is 11.9 Å². The second-order valence-electron chi connectivity index (χ2n) is 4.75. The van der Waals surface area contributed by atoms with E-state index in [9.17, 15) is 14.4 Å². The van der Waals surface area contributed by atoms with Crippen molar-refractivity contribution < 1.29 is 23.9 Å². The van der Waals surface area contributed by atoms with Crippen molar-refractivity contribution in [2.75, 3.05) is 14.2 Å². The molecule has 7 nitrogen and oxygen atoms in total. The van der Waals surface area contributed by atoms with Crippen LogP contribution in [0.25, 0.3) is 0 Å². The van der Waals surface area contributed by atoms with E-state index in [2.05, 4.69) is 9.47 Å². The van der Waals surface area contributed by atoms with Gasteiger partial charge in [-0.15, -0.1) is 0 Å². The van der Waals surface area contributed by atoms with Crippen molar-refractivity contribution in [2.45, 2.75) is 24.9 Å². The van der Waals surface area contributed by atoms with Gasteiger partial charge in [-0.2, -0.15) is 0 Å². The molecule has 7 heteroatoms. The zero-order valence-electron chi connectivity index (χ0n) is 12.6. The molecular formula is C15H20N2O5. The molecule has 120 valence electrons. The Balaban J connectivity index is 2.71. The van der Waals surface area contributed by atoms with Crippen LogP contribution in [0.2, 0.25) is 0 Å². The zero-order valence-corrected chi connectivity index (χ0v) is 12.6. The Morgan fingerprint density at radius 1 is 1.00 bits per heavy atom. The molecule has 0 aliphatic carbocycles. The van der Waals surface area contributed by atoms with Gasteiger partial charge in [0.2, 0.25) is 0 Å². The fourth-order valence-corrected chi connectivity index (χ4v) is 1.89. The number of Topliss-reactive ketones (excluding diaryl/α,β-unsaturated/α-hetero) is 1. The van der Waals surface area contributed by atoms with Crippen LogP contribution in [0.4, 0.5) is 0 Å². The predicted molar refractivity (Wildman–Crippen MR) is 79.3 cm³/mol. The fourth-order valence-electron chi connectivity index (χ4n) is 1.89. The maximum absolute atomic E-state index is 12.2. The van der Waals surface area contributed by atoms with Gasteiger partial charge < -0.3 is 20.9 Å². The van der Waals surface area contributed by atoms with Gasteiger partial charge in [0.15, 0.2) is 5.78 Å². The van der Waals surface area contributed by atoms with E-state index in [4.69, 9.17) is 11.5 Å². The molecule has 0 aliphatic heterocycles. The Labute approximate surface area is 128 Å². The van der Waals surface area contributed by atoms with Crippen LogP contribution in [0.1, 0.15) is 33.6 Å². The molecule has 1 rings (SSSR count). The molecule has 0 saturated carbocycles. The topological polar surface area (TPSA) is 122 Å². The van der Waals surface area contributed by atoms with Crippen LogP contribution in [0.3, 0.4) is 0 Å². The summed E-state index contributed by atoms with van der Waals surface area (Å²) >= 11 is 0. The summed E-state index contributed by atoms with van der Waals surface area (Å²) in [5.41, 5.74) is 12.0. The molecule has 1 aromatic rings. The Bertz CT molecular complexity index is 559. The number of esters is 2. The first kappa shape index (κ1) is 17.8. The molecule has 0 amide bonds. The molecule has 0 aromatic heterocycles. The molecule has 0 bridgehead atoms. The van der Waals surface area contributed by atoms with Crippen LogP contribution in [0, 0.1) is 0 Å². The van der Waals surface area contributed by atoms with E-state index in [1.807, 2.05) is 0 Å². The lowest BCUT2D eigenvalue weighted by Gasteiger charge is -2.14. The predicted octanol–water partition coefficient (Wildman–Crippen LogP) is 0.264. The zero-order chi connectivity index (χ0) is 16.7. The van der Waals surface area contributed by atoms with Gasteiger partial charge in [0, 0.05) is 5.56 Å². The summed E-state index contributed by atoms with van der Waals surface area (Å²) in [4.78, 5) is 34.9. The summed E-state index contributed by atoms with van der Waals surface area (Å²) in [6.07, 6.45) is 0.466. The lowest BCUT2D eigenvalue weighted by molar-refractivity contribution is -0.142. The highest BCUT2D eigenvalue weighted by Crippen LogP contribution is 2.11. The first-order valence-corrected chi connectivity index (χ1v) is 6.72. The van der Waals surface area contributed by atoms with Crippen LogP contribution in [-0.4, -0.2) is 44.0 Å². The Morgan fingerprint density at radius 2 is 1.59 bits per heavy atom. The molecule has 2 atom stereocenters. The quantitative estimate of drug-likeness (QED) is 0.547. The van der Waals surface area contributed by atoms with Gasteiger partial charge in [-0.3, -0.25) is 9.59 Å². The molecular weight excluding hydrogens is 288 g/mol. The molecule has 0 radical (unpaired) electrons. The van der Waals surface area contributed by atoms with E-state index in [0.717, 1.165) is 0 Å². The molecule has 0 spiro atoms. The summed E-state index contributed by atoms with van der Waals surface area (Å²) < 4.78 is 9.10. The third kappa shape index (κ3) is 4.64. The monoisotopic (exact) mass is 308 g/mol. The average molecular weight is 308 g/mol. The van der Waals surface area contributed by atoms with E-state index in [1.54, 1.807) is 18.2 Å². The van der Waals surface area contributed by atoms with Crippen molar-refractivity contribution >= 4 is 17.7 Å². The smallest absolute Gasteiger partial charge is 0.337 e. The van der Waals surface area contributed by atoms with Crippen LogP contribution in [-0.2, 0) is 14.3 Å². The van der Waals surface area contributed by atoms with Crippen molar-refractivity contribution in [1.82, 2.24) is 0 Å². The summed E-state index contributed by atoms with van der Waals surface area (Å²) in [5.74, 6) is -1.41. The van der Waals surface area contributed by atoms with Crippen LogP contribution in [0.15, 0.2) is 24.3 Å². The first-order valence-electron chi connectivity index (χ1n) is 6.72. The number of methoxy groups -OCH3 is 2. The third-order valence-electron chi connectivity index (χ3n) is 3.20. The largest absolute Gasteiger partial charge is 0.468 e. The van der Waals surface area contributed by atoms with Crippen molar-refractivity contribution in [2.24, 2.45) is 11.5 Å². The highest BCUT2D eigenvalue weighted by Gasteiger charge is 2.20. The number of carbonyl (C=O) groups is 3. The summed E-state index contributed by atoms with van der Waals surface area (Å²) in [6, 6.07) is 4.48. The van der Waals surface area contributed by atoms with Gasteiger partial charge in [0.1, 0.15) is 6.04 Å². The summed E-state index contributed by atoms with van der Waals surface area (Å²) in [7, 11) is 2.50. The van der Waals surface area contributed by atoms with Crippen LogP contribution in [0.5, 0.6) is 0 Å². The van der Waals surface area contributed by atoms with Crippen LogP contribution < -0.4 is 11.5 Å². The third-order valence-corrected chi connectivity index (χ3v) is 3.20. The van der Waals surface area contributed by atoms with Gasteiger partial charge in [-0.25, -0.2) is 4.79 Å². The standard InChI is InChI=1S/C15H20N2O5/c1-21-14(19)10-5-3-4-9(8-10)13(18)11(16)6-7-12(17)15(20)22-2/h3-5,8,11-12H,6-7,16-17H2,1-2H3/t11?,12-/m0/s1. The fraction of sp³-hybridized carbons (Fsp3) is 0.400. The molecule has 1 unspecified atom stereocenters. The minimum absolute atomic E-state index is 0.232. The number of nitrogens with two attached hydrogens (primary N) is 2. The number of hydrogen-bond acceptors (Lipinski definition) is 7.